The highest BCUT2D eigenvalue weighted by molar-refractivity contribution is 5.90. The summed E-state index contributed by atoms with van der Waals surface area (Å²) in [6.07, 6.45) is 1.75. The van der Waals surface area contributed by atoms with E-state index in [2.05, 4.69) is 21.5 Å². The van der Waals surface area contributed by atoms with Gasteiger partial charge in [0.1, 0.15) is 12.9 Å². The number of amides is 1. The van der Waals surface area contributed by atoms with E-state index < -0.39 is 0 Å². The van der Waals surface area contributed by atoms with Crippen LogP contribution in [0, 0.1) is 11.3 Å². The van der Waals surface area contributed by atoms with E-state index >= 15 is 0 Å². The van der Waals surface area contributed by atoms with Gasteiger partial charge in [0.25, 0.3) is 0 Å². The SMILES string of the molecule is N#CCc1ccc(NC(=O)Cn2cnc(N)n2)cc1. The zero-order valence-corrected chi connectivity index (χ0v) is 10.1. The topological polar surface area (TPSA) is 110 Å². The summed E-state index contributed by atoms with van der Waals surface area (Å²) in [7, 11) is 0. The highest BCUT2D eigenvalue weighted by Crippen LogP contribution is 2.09. The molecule has 1 aromatic carbocycles. The van der Waals surface area contributed by atoms with Crippen LogP contribution in [0.3, 0.4) is 0 Å². The molecule has 0 aliphatic carbocycles. The minimum absolute atomic E-state index is 0.0458. The molecule has 0 saturated heterocycles. The Hall–Kier alpha value is -2.88. The lowest BCUT2D eigenvalue weighted by Gasteiger charge is -2.05. The molecule has 2 rings (SSSR count). The largest absolute Gasteiger partial charge is 0.367 e. The molecule has 1 aromatic heterocycles. The van der Waals surface area contributed by atoms with E-state index in [1.807, 2.05) is 0 Å². The van der Waals surface area contributed by atoms with Crippen molar-refractivity contribution < 1.29 is 4.79 Å². The third kappa shape index (κ3) is 3.54. The third-order valence-electron chi connectivity index (χ3n) is 2.38. The minimum atomic E-state index is -0.224. The van der Waals surface area contributed by atoms with Crippen molar-refractivity contribution in [2.45, 2.75) is 13.0 Å². The number of nitrogens with zero attached hydrogens (tertiary/aromatic N) is 4. The molecule has 0 aliphatic rings. The molecular weight excluding hydrogens is 244 g/mol. The molecule has 0 saturated carbocycles. The Morgan fingerprint density at radius 3 is 2.74 bits per heavy atom. The van der Waals surface area contributed by atoms with Gasteiger partial charge in [0.15, 0.2) is 0 Å². The highest BCUT2D eigenvalue weighted by Gasteiger charge is 2.05. The lowest BCUT2D eigenvalue weighted by atomic mass is 10.1. The highest BCUT2D eigenvalue weighted by atomic mass is 16.2. The summed E-state index contributed by atoms with van der Waals surface area (Å²) in [6, 6.07) is 9.16. The number of hydrogen-bond acceptors (Lipinski definition) is 5. The maximum Gasteiger partial charge on any atom is 0.246 e. The number of carbonyl (C=O) groups is 1. The van der Waals surface area contributed by atoms with E-state index in [1.165, 1.54) is 11.0 Å². The van der Waals surface area contributed by atoms with Crippen molar-refractivity contribution in [1.82, 2.24) is 14.8 Å². The van der Waals surface area contributed by atoms with E-state index in [0.29, 0.717) is 12.1 Å². The molecule has 7 nitrogen and oxygen atoms in total. The number of anilines is 2. The summed E-state index contributed by atoms with van der Waals surface area (Å²) >= 11 is 0. The quantitative estimate of drug-likeness (QED) is 0.830. The third-order valence-corrected chi connectivity index (χ3v) is 2.38. The molecule has 19 heavy (non-hydrogen) atoms. The number of nitrogens with one attached hydrogen (secondary N) is 1. The van der Waals surface area contributed by atoms with Crippen LogP contribution < -0.4 is 11.1 Å². The van der Waals surface area contributed by atoms with Crippen molar-refractivity contribution in [3.63, 3.8) is 0 Å². The van der Waals surface area contributed by atoms with Crippen LogP contribution in [-0.4, -0.2) is 20.7 Å². The van der Waals surface area contributed by atoms with Gasteiger partial charge in [-0.3, -0.25) is 4.79 Å². The van der Waals surface area contributed by atoms with E-state index in [9.17, 15) is 4.79 Å². The Morgan fingerprint density at radius 1 is 1.42 bits per heavy atom. The molecular formula is C12H12N6O. The van der Waals surface area contributed by atoms with Gasteiger partial charge >= 0.3 is 0 Å². The van der Waals surface area contributed by atoms with Crippen molar-refractivity contribution in [3.05, 3.63) is 36.2 Å². The van der Waals surface area contributed by atoms with Crippen LogP contribution in [0.1, 0.15) is 5.56 Å². The van der Waals surface area contributed by atoms with Crippen molar-refractivity contribution in [2.75, 3.05) is 11.1 Å². The summed E-state index contributed by atoms with van der Waals surface area (Å²) in [6.45, 7) is 0.0458. The molecule has 96 valence electrons. The fourth-order valence-electron chi connectivity index (χ4n) is 1.53. The smallest absolute Gasteiger partial charge is 0.246 e. The van der Waals surface area contributed by atoms with Crippen molar-refractivity contribution in [2.24, 2.45) is 0 Å². The van der Waals surface area contributed by atoms with Crippen LogP contribution in [0.5, 0.6) is 0 Å². The first-order chi connectivity index (χ1) is 9.17. The van der Waals surface area contributed by atoms with Gasteiger partial charge in [-0.05, 0) is 17.7 Å². The zero-order chi connectivity index (χ0) is 13.7. The number of hydrogen-bond donors (Lipinski definition) is 2. The average molecular weight is 256 g/mol. The maximum absolute atomic E-state index is 11.7. The number of nitrogen functional groups attached to an aromatic ring is 1. The summed E-state index contributed by atoms with van der Waals surface area (Å²) in [5.41, 5.74) is 6.92. The predicted molar refractivity (Wildman–Crippen MR) is 68.8 cm³/mol. The fraction of sp³-hybridized carbons (Fsp3) is 0.167. The van der Waals surface area contributed by atoms with Crippen molar-refractivity contribution in [3.8, 4) is 6.07 Å². The second-order valence-electron chi connectivity index (χ2n) is 3.88. The molecule has 0 aliphatic heterocycles. The Kier molecular flexibility index (Phi) is 3.73. The van der Waals surface area contributed by atoms with Crippen LogP contribution in [-0.2, 0) is 17.8 Å². The van der Waals surface area contributed by atoms with Gasteiger partial charge in [0, 0.05) is 5.69 Å². The summed E-state index contributed by atoms with van der Waals surface area (Å²) in [5.74, 6) is -0.0911. The minimum Gasteiger partial charge on any atom is -0.367 e. The van der Waals surface area contributed by atoms with E-state index in [-0.39, 0.29) is 18.4 Å². The van der Waals surface area contributed by atoms with Gasteiger partial charge in [-0.2, -0.15) is 5.26 Å². The molecule has 0 radical (unpaired) electrons. The normalized spacial score (nSPS) is 9.84. The molecule has 2 aromatic rings. The van der Waals surface area contributed by atoms with Gasteiger partial charge in [0.05, 0.1) is 12.5 Å². The predicted octanol–water partition coefficient (Wildman–Crippen LogP) is 0.565. The second kappa shape index (κ2) is 5.64. The molecule has 0 bridgehead atoms. The monoisotopic (exact) mass is 256 g/mol. The summed E-state index contributed by atoms with van der Waals surface area (Å²) in [5, 5.41) is 15.1. The Morgan fingerprint density at radius 2 is 2.16 bits per heavy atom. The van der Waals surface area contributed by atoms with Crippen molar-refractivity contribution in [1.29, 1.82) is 5.26 Å². The molecule has 0 unspecified atom stereocenters. The first-order valence-corrected chi connectivity index (χ1v) is 5.58. The Bertz CT molecular complexity index is 610. The van der Waals surface area contributed by atoms with Crippen LogP contribution >= 0.6 is 0 Å². The fourth-order valence-corrected chi connectivity index (χ4v) is 1.53. The van der Waals surface area contributed by atoms with E-state index in [0.717, 1.165) is 5.56 Å². The molecule has 0 fully saturated rings. The standard InChI is InChI=1S/C12H12N6O/c13-6-5-9-1-3-10(4-2-9)16-11(19)7-18-8-15-12(14)17-18/h1-4,8H,5,7H2,(H2,14,17)(H,16,19). The van der Waals surface area contributed by atoms with E-state index in [4.69, 9.17) is 11.0 Å². The number of benzene rings is 1. The first-order valence-electron chi connectivity index (χ1n) is 5.58. The average Bonchev–Trinajstić information content (AvgIpc) is 2.77. The van der Waals surface area contributed by atoms with Crippen molar-refractivity contribution >= 4 is 17.5 Å². The van der Waals surface area contributed by atoms with Crippen LogP contribution in [0.25, 0.3) is 0 Å². The summed E-state index contributed by atoms with van der Waals surface area (Å²) in [4.78, 5) is 15.4. The molecule has 1 amide bonds. The van der Waals surface area contributed by atoms with Gasteiger partial charge in [0.2, 0.25) is 11.9 Å². The number of carbonyl (C=O) groups excluding carboxylic acids is 1. The van der Waals surface area contributed by atoms with Gasteiger partial charge in [-0.15, -0.1) is 5.10 Å². The van der Waals surface area contributed by atoms with E-state index in [1.54, 1.807) is 24.3 Å². The molecule has 3 N–H and O–H groups in total. The summed E-state index contributed by atoms with van der Waals surface area (Å²) < 4.78 is 1.36. The number of rotatable bonds is 4. The lowest BCUT2D eigenvalue weighted by Crippen LogP contribution is -2.19. The zero-order valence-electron chi connectivity index (χ0n) is 10.1. The lowest BCUT2D eigenvalue weighted by molar-refractivity contribution is -0.116. The second-order valence-corrected chi connectivity index (χ2v) is 3.88. The molecule has 1 heterocycles. The Labute approximate surface area is 109 Å². The van der Waals surface area contributed by atoms with Gasteiger partial charge in [-0.25, -0.2) is 9.67 Å². The van der Waals surface area contributed by atoms with Crippen LogP contribution in [0.15, 0.2) is 30.6 Å². The first kappa shape index (κ1) is 12.6. The Balaban J connectivity index is 1.93. The number of nitriles is 1. The van der Waals surface area contributed by atoms with Gasteiger partial charge < -0.3 is 11.1 Å². The maximum atomic E-state index is 11.7. The van der Waals surface area contributed by atoms with Crippen LogP contribution in [0.4, 0.5) is 11.6 Å². The molecule has 0 atom stereocenters. The molecule has 7 heteroatoms. The number of nitrogens with two attached hydrogens (primary N) is 1. The molecule has 0 spiro atoms. The van der Waals surface area contributed by atoms with Crippen LogP contribution in [0.2, 0.25) is 0 Å². The number of aromatic nitrogens is 3. The van der Waals surface area contributed by atoms with Gasteiger partial charge in [-0.1, -0.05) is 12.1 Å².